The van der Waals surface area contributed by atoms with Crippen molar-refractivity contribution in [3.8, 4) is 0 Å². The summed E-state index contributed by atoms with van der Waals surface area (Å²) in [5, 5.41) is 4.88. The summed E-state index contributed by atoms with van der Waals surface area (Å²) in [5.74, 6) is 1.13. The SMILES string of the molecule is CCc1c(C(C)NC2CC2)oc2ccccc12. The molecule has 0 saturated heterocycles. The van der Waals surface area contributed by atoms with Crippen LogP contribution in [0.3, 0.4) is 0 Å². The van der Waals surface area contributed by atoms with E-state index >= 15 is 0 Å². The van der Waals surface area contributed by atoms with Gasteiger partial charge in [0.2, 0.25) is 0 Å². The van der Waals surface area contributed by atoms with E-state index in [1.54, 1.807) is 0 Å². The van der Waals surface area contributed by atoms with Crippen molar-refractivity contribution in [2.24, 2.45) is 0 Å². The summed E-state index contributed by atoms with van der Waals surface area (Å²) in [6.45, 7) is 4.40. The average molecular weight is 229 g/mol. The number of aryl methyl sites for hydroxylation is 1. The lowest BCUT2D eigenvalue weighted by atomic mass is 10.1. The van der Waals surface area contributed by atoms with Crippen LogP contribution < -0.4 is 5.32 Å². The van der Waals surface area contributed by atoms with Gasteiger partial charge in [-0.3, -0.25) is 0 Å². The minimum absolute atomic E-state index is 0.324. The Morgan fingerprint density at radius 1 is 1.35 bits per heavy atom. The Kier molecular flexibility index (Phi) is 2.67. The van der Waals surface area contributed by atoms with E-state index in [1.807, 2.05) is 6.07 Å². The molecular formula is C15H19NO. The van der Waals surface area contributed by atoms with Crippen LogP contribution in [0.1, 0.15) is 44.1 Å². The van der Waals surface area contributed by atoms with Crippen molar-refractivity contribution in [2.75, 3.05) is 0 Å². The van der Waals surface area contributed by atoms with E-state index in [-0.39, 0.29) is 0 Å². The van der Waals surface area contributed by atoms with E-state index < -0.39 is 0 Å². The molecule has 1 aromatic heterocycles. The molecule has 1 aromatic carbocycles. The Morgan fingerprint density at radius 3 is 2.82 bits per heavy atom. The van der Waals surface area contributed by atoms with Gasteiger partial charge < -0.3 is 9.73 Å². The summed E-state index contributed by atoms with van der Waals surface area (Å²) < 4.78 is 6.02. The van der Waals surface area contributed by atoms with E-state index in [1.165, 1.54) is 23.8 Å². The highest BCUT2D eigenvalue weighted by molar-refractivity contribution is 5.82. The molecule has 1 aliphatic carbocycles. The molecule has 1 aliphatic rings. The quantitative estimate of drug-likeness (QED) is 0.862. The summed E-state index contributed by atoms with van der Waals surface area (Å²) >= 11 is 0. The van der Waals surface area contributed by atoms with Crippen molar-refractivity contribution in [1.82, 2.24) is 5.32 Å². The summed E-state index contributed by atoms with van der Waals surface area (Å²) in [6, 6.07) is 9.37. The van der Waals surface area contributed by atoms with Crippen LogP contribution in [0, 0.1) is 0 Å². The Labute approximate surface area is 102 Å². The number of fused-ring (bicyclic) bond motifs is 1. The van der Waals surface area contributed by atoms with E-state index in [9.17, 15) is 0 Å². The van der Waals surface area contributed by atoms with E-state index in [0.29, 0.717) is 12.1 Å². The van der Waals surface area contributed by atoms with Gasteiger partial charge in [-0.2, -0.15) is 0 Å². The van der Waals surface area contributed by atoms with Crippen molar-refractivity contribution in [2.45, 2.75) is 45.2 Å². The van der Waals surface area contributed by atoms with E-state index in [0.717, 1.165) is 17.8 Å². The fraction of sp³-hybridized carbons (Fsp3) is 0.467. The zero-order valence-corrected chi connectivity index (χ0v) is 10.5. The highest BCUT2D eigenvalue weighted by Gasteiger charge is 2.26. The summed E-state index contributed by atoms with van der Waals surface area (Å²) in [6.07, 6.45) is 3.65. The molecule has 1 heterocycles. The monoisotopic (exact) mass is 229 g/mol. The van der Waals surface area contributed by atoms with Crippen LogP contribution in [0.5, 0.6) is 0 Å². The number of rotatable bonds is 4. The second kappa shape index (κ2) is 4.19. The average Bonchev–Trinajstić information content (AvgIpc) is 3.07. The molecule has 0 bridgehead atoms. The van der Waals surface area contributed by atoms with Crippen molar-refractivity contribution in [3.63, 3.8) is 0 Å². The predicted octanol–water partition coefficient (Wildman–Crippen LogP) is 3.81. The van der Waals surface area contributed by atoms with Gasteiger partial charge in [0.15, 0.2) is 0 Å². The lowest BCUT2D eigenvalue weighted by molar-refractivity contribution is 0.445. The maximum atomic E-state index is 6.02. The van der Waals surface area contributed by atoms with Gasteiger partial charge >= 0.3 is 0 Å². The van der Waals surface area contributed by atoms with Crippen molar-refractivity contribution in [3.05, 3.63) is 35.6 Å². The molecule has 0 aliphatic heterocycles. The fourth-order valence-corrected chi connectivity index (χ4v) is 2.51. The van der Waals surface area contributed by atoms with Crippen LogP contribution in [0.2, 0.25) is 0 Å². The first-order chi connectivity index (χ1) is 8.29. The lowest BCUT2D eigenvalue weighted by Gasteiger charge is -2.12. The molecule has 0 spiro atoms. The zero-order chi connectivity index (χ0) is 11.8. The number of furan rings is 1. The van der Waals surface area contributed by atoms with Gasteiger partial charge in [0.1, 0.15) is 11.3 Å². The molecule has 1 unspecified atom stereocenters. The minimum atomic E-state index is 0.324. The second-order valence-corrected chi connectivity index (χ2v) is 4.96. The molecule has 17 heavy (non-hydrogen) atoms. The van der Waals surface area contributed by atoms with Gasteiger partial charge in [0.25, 0.3) is 0 Å². The van der Waals surface area contributed by atoms with E-state index in [2.05, 4.69) is 37.4 Å². The normalized spacial score (nSPS) is 17.5. The number of hydrogen-bond donors (Lipinski definition) is 1. The van der Waals surface area contributed by atoms with Gasteiger partial charge in [0.05, 0.1) is 6.04 Å². The largest absolute Gasteiger partial charge is 0.459 e. The molecule has 0 radical (unpaired) electrons. The molecule has 90 valence electrons. The number of para-hydroxylation sites is 1. The summed E-state index contributed by atoms with van der Waals surface area (Å²) in [5.41, 5.74) is 2.38. The van der Waals surface area contributed by atoms with Crippen LogP contribution in [-0.4, -0.2) is 6.04 Å². The van der Waals surface area contributed by atoms with Crippen LogP contribution in [0.25, 0.3) is 11.0 Å². The Bertz CT molecular complexity index is 525. The molecule has 3 rings (SSSR count). The number of nitrogens with one attached hydrogen (secondary N) is 1. The molecule has 2 heteroatoms. The molecule has 2 nitrogen and oxygen atoms in total. The zero-order valence-electron chi connectivity index (χ0n) is 10.5. The predicted molar refractivity (Wildman–Crippen MR) is 70.2 cm³/mol. The third kappa shape index (κ3) is 1.98. The molecule has 2 aromatic rings. The molecule has 1 fully saturated rings. The Morgan fingerprint density at radius 2 is 2.12 bits per heavy atom. The minimum Gasteiger partial charge on any atom is -0.459 e. The molecule has 0 amide bonds. The van der Waals surface area contributed by atoms with Crippen LogP contribution in [0.15, 0.2) is 28.7 Å². The Hall–Kier alpha value is -1.28. The van der Waals surface area contributed by atoms with E-state index in [4.69, 9.17) is 4.42 Å². The standard InChI is InChI=1S/C15H19NO/c1-3-12-13-6-4-5-7-14(13)17-15(12)10(2)16-11-8-9-11/h4-7,10-11,16H,3,8-9H2,1-2H3. The second-order valence-electron chi connectivity index (χ2n) is 4.96. The molecule has 1 N–H and O–H groups in total. The molecular weight excluding hydrogens is 210 g/mol. The fourth-order valence-electron chi connectivity index (χ4n) is 2.51. The number of hydrogen-bond acceptors (Lipinski definition) is 2. The van der Waals surface area contributed by atoms with Gasteiger partial charge in [-0.15, -0.1) is 0 Å². The summed E-state index contributed by atoms with van der Waals surface area (Å²) in [4.78, 5) is 0. The first-order valence-electron chi connectivity index (χ1n) is 6.56. The highest BCUT2D eigenvalue weighted by Crippen LogP contribution is 2.32. The van der Waals surface area contributed by atoms with Crippen LogP contribution >= 0.6 is 0 Å². The first kappa shape index (κ1) is 10.8. The number of benzene rings is 1. The smallest absolute Gasteiger partial charge is 0.134 e. The van der Waals surface area contributed by atoms with Gasteiger partial charge in [-0.05, 0) is 32.3 Å². The van der Waals surface area contributed by atoms with Crippen LogP contribution in [0.4, 0.5) is 0 Å². The molecule has 1 atom stereocenters. The highest BCUT2D eigenvalue weighted by atomic mass is 16.3. The van der Waals surface area contributed by atoms with Gasteiger partial charge in [-0.25, -0.2) is 0 Å². The lowest BCUT2D eigenvalue weighted by Crippen LogP contribution is -2.21. The van der Waals surface area contributed by atoms with Crippen molar-refractivity contribution in [1.29, 1.82) is 0 Å². The van der Waals surface area contributed by atoms with Crippen molar-refractivity contribution >= 4 is 11.0 Å². The van der Waals surface area contributed by atoms with Gasteiger partial charge in [0, 0.05) is 17.0 Å². The molecule has 1 saturated carbocycles. The third-order valence-corrected chi connectivity index (χ3v) is 3.54. The Balaban J connectivity index is 2.01. The maximum Gasteiger partial charge on any atom is 0.134 e. The van der Waals surface area contributed by atoms with Crippen LogP contribution in [-0.2, 0) is 6.42 Å². The summed E-state index contributed by atoms with van der Waals surface area (Å²) in [7, 11) is 0. The maximum absolute atomic E-state index is 6.02. The van der Waals surface area contributed by atoms with Gasteiger partial charge in [-0.1, -0.05) is 25.1 Å². The van der Waals surface area contributed by atoms with Crippen molar-refractivity contribution < 1.29 is 4.42 Å². The topological polar surface area (TPSA) is 25.2 Å². The first-order valence-corrected chi connectivity index (χ1v) is 6.56. The third-order valence-electron chi connectivity index (χ3n) is 3.54.